The third-order valence-corrected chi connectivity index (χ3v) is 5.58. The molecule has 1 fully saturated rings. The Bertz CT molecular complexity index is 1010. The van der Waals surface area contributed by atoms with Gasteiger partial charge in [0.15, 0.2) is 5.82 Å². The second-order valence-electron chi connectivity index (χ2n) is 7.86. The van der Waals surface area contributed by atoms with E-state index < -0.39 is 0 Å². The molecule has 0 aliphatic heterocycles. The molecule has 0 amide bonds. The van der Waals surface area contributed by atoms with Crippen LogP contribution in [-0.2, 0) is 13.1 Å². The van der Waals surface area contributed by atoms with Crippen LogP contribution >= 0.6 is 11.6 Å². The minimum absolute atomic E-state index is 0.0944. The van der Waals surface area contributed by atoms with E-state index >= 15 is 0 Å². The summed E-state index contributed by atoms with van der Waals surface area (Å²) in [5, 5.41) is 1.18. The standard InChI is InChI=1S/C22H24ClN3O/c1-14(2)16-5-3-15(4-6-16)12-26(18-8-9-18)13-21-24-20-11-17(23)7-10-19(20)22(27)25-21/h3-7,10-11,14,18H,8-9,12-13H2,1-2H3,(H,24,25,27)/p+1. The van der Waals surface area contributed by atoms with Gasteiger partial charge < -0.3 is 9.88 Å². The highest BCUT2D eigenvalue weighted by Gasteiger charge is 2.33. The van der Waals surface area contributed by atoms with E-state index in [1.54, 1.807) is 18.2 Å². The molecule has 0 radical (unpaired) electrons. The predicted molar refractivity (Wildman–Crippen MR) is 109 cm³/mol. The Labute approximate surface area is 164 Å². The number of aromatic nitrogens is 2. The van der Waals surface area contributed by atoms with Crippen LogP contribution < -0.4 is 10.5 Å². The van der Waals surface area contributed by atoms with E-state index in [4.69, 9.17) is 11.6 Å². The highest BCUT2D eigenvalue weighted by Crippen LogP contribution is 2.18. The van der Waals surface area contributed by atoms with Gasteiger partial charge in [-0.3, -0.25) is 4.79 Å². The Morgan fingerprint density at radius 3 is 2.56 bits per heavy atom. The Hall–Kier alpha value is -2.17. The van der Waals surface area contributed by atoms with Gasteiger partial charge in [0.1, 0.15) is 13.1 Å². The molecule has 27 heavy (non-hydrogen) atoms. The van der Waals surface area contributed by atoms with Crippen LogP contribution in [0.4, 0.5) is 0 Å². The van der Waals surface area contributed by atoms with Crippen molar-refractivity contribution in [1.82, 2.24) is 9.97 Å². The molecule has 1 aromatic heterocycles. The molecule has 1 aliphatic rings. The van der Waals surface area contributed by atoms with Gasteiger partial charge in [0.25, 0.3) is 5.56 Å². The molecule has 4 rings (SSSR count). The summed E-state index contributed by atoms with van der Waals surface area (Å²) in [6, 6.07) is 14.8. The second kappa shape index (κ2) is 7.45. The molecule has 1 atom stereocenters. The molecule has 1 saturated carbocycles. The van der Waals surface area contributed by atoms with Crippen molar-refractivity contribution in [2.75, 3.05) is 0 Å². The van der Waals surface area contributed by atoms with E-state index in [0.29, 0.717) is 34.4 Å². The number of quaternary nitrogens is 1. The molecule has 1 aliphatic carbocycles. The van der Waals surface area contributed by atoms with Crippen molar-refractivity contribution in [3.63, 3.8) is 0 Å². The number of hydrogen-bond acceptors (Lipinski definition) is 2. The fraction of sp³-hybridized carbons (Fsp3) is 0.364. The number of hydrogen-bond donors (Lipinski definition) is 2. The van der Waals surface area contributed by atoms with Crippen molar-refractivity contribution in [2.45, 2.75) is 51.7 Å². The van der Waals surface area contributed by atoms with Gasteiger partial charge in [0.2, 0.25) is 0 Å². The summed E-state index contributed by atoms with van der Waals surface area (Å²) >= 11 is 6.07. The molecular weight excluding hydrogens is 358 g/mol. The van der Waals surface area contributed by atoms with E-state index in [2.05, 4.69) is 48.1 Å². The fourth-order valence-electron chi connectivity index (χ4n) is 3.59. The van der Waals surface area contributed by atoms with Crippen molar-refractivity contribution in [2.24, 2.45) is 0 Å². The lowest BCUT2D eigenvalue weighted by Gasteiger charge is -2.19. The van der Waals surface area contributed by atoms with Gasteiger partial charge >= 0.3 is 0 Å². The normalized spacial score (nSPS) is 15.4. The van der Waals surface area contributed by atoms with Crippen molar-refractivity contribution >= 4 is 22.5 Å². The zero-order valence-electron chi connectivity index (χ0n) is 15.8. The quantitative estimate of drug-likeness (QED) is 0.686. The largest absolute Gasteiger partial charge is 0.322 e. The van der Waals surface area contributed by atoms with Gasteiger partial charge in [-0.15, -0.1) is 0 Å². The summed E-state index contributed by atoms with van der Waals surface area (Å²) in [5.41, 5.74) is 3.26. The number of nitrogens with one attached hydrogen (secondary N) is 2. The summed E-state index contributed by atoms with van der Waals surface area (Å²) < 4.78 is 0. The van der Waals surface area contributed by atoms with E-state index in [-0.39, 0.29) is 5.56 Å². The van der Waals surface area contributed by atoms with Crippen molar-refractivity contribution in [3.05, 3.63) is 74.8 Å². The maximum Gasteiger partial charge on any atom is 0.258 e. The van der Waals surface area contributed by atoms with Gasteiger partial charge in [0, 0.05) is 23.4 Å². The molecule has 2 N–H and O–H groups in total. The fourth-order valence-corrected chi connectivity index (χ4v) is 3.75. The van der Waals surface area contributed by atoms with Gasteiger partial charge in [-0.25, -0.2) is 4.98 Å². The van der Waals surface area contributed by atoms with Gasteiger partial charge in [-0.05, 0) is 29.7 Å². The molecule has 0 bridgehead atoms. The molecule has 5 heteroatoms. The zero-order valence-corrected chi connectivity index (χ0v) is 16.5. The van der Waals surface area contributed by atoms with Crippen molar-refractivity contribution in [1.29, 1.82) is 0 Å². The molecule has 1 unspecified atom stereocenters. The third kappa shape index (κ3) is 4.23. The topological polar surface area (TPSA) is 50.2 Å². The number of aromatic amines is 1. The Balaban J connectivity index is 1.57. The summed E-state index contributed by atoms with van der Waals surface area (Å²) in [5.74, 6) is 1.28. The molecule has 0 saturated heterocycles. The highest BCUT2D eigenvalue weighted by atomic mass is 35.5. The SMILES string of the molecule is CC(C)c1ccc(C[NH+](Cc2nc3cc(Cl)ccc3c(=O)[nH]2)C2CC2)cc1. The van der Waals surface area contributed by atoms with Crippen LogP contribution in [0.3, 0.4) is 0 Å². The minimum atomic E-state index is -0.0944. The maximum atomic E-state index is 12.4. The van der Waals surface area contributed by atoms with Crippen LogP contribution in [0.15, 0.2) is 47.3 Å². The predicted octanol–water partition coefficient (Wildman–Crippen LogP) is 3.45. The maximum absolute atomic E-state index is 12.4. The lowest BCUT2D eigenvalue weighted by atomic mass is 10.0. The first kappa shape index (κ1) is 18.2. The van der Waals surface area contributed by atoms with E-state index in [0.717, 1.165) is 12.4 Å². The molecule has 0 spiro atoms. The van der Waals surface area contributed by atoms with E-state index in [9.17, 15) is 4.79 Å². The number of rotatable bonds is 6. The lowest BCUT2D eigenvalue weighted by Crippen LogP contribution is -3.10. The van der Waals surface area contributed by atoms with Gasteiger partial charge in [0.05, 0.1) is 16.9 Å². The first-order valence-electron chi connectivity index (χ1n) is 9.61. The number of halogens is 1. The number of H-pyrrole nitrogens is 1. The molecule has 4 nitrogen and oxygen atoms in total. The molecule has 3 aromatic rings. The Morgan fingerprint density at radius 1 is 1.15 bits per heavy atom. The smallest absolute Gasteiger partial charge is 0.258 e. The van der Waals surface area contributed by atoms with Gasteiger partial charge in [-0.1, -0.05) is 49.7 Å². The average molecular weight is 383 g/mol. The molecule has 1 heterocycles. The zero-order chi connectivity index (χ0) is 19.0. The number of fused-ring (bicyclic) bond motifs is 1. The number of benzene rings is 2. The van der Waals surface area contributed by atoms with Crippen LogP contribution in [0.1, 0.15) is 49.6 Å². The monoisotopic (exact) mass is 382 g/mol. The average Bonchev–Trinajstić information content (AvgIpc) is 3.46. The Kier molecular flexibility index (Phi) is 5.02. The van der Waals surface area contributed by atoms with Crippen LogP contribution in [0.2, 0.25) is 5.02 Å². The van der Waals surface area contributed by atoms with Gasteiger partial charge in [-0.2, -0.15) is 0 Å². The van der Waals surface area contributed by atoms with Crippen LogP contribution in [0, 0.1) is 0 Å². The third-order valence-electron chi connectivity index (χ3n) is 5.34. The first-order valence-corrected chi connectivity index (χ1v) is 9.99. The number of nitrogens with zero attached hydrogens (tertiary/aromatic N) is 1. The summed E-state index contributed by atoms with van der Waals surface area (Å²) in [6.45, 7) is 6.09. The first-order chi connectivity index (χ1) is 13.0. The summed E-state index contributed by atoms with van der Waals surface area (Å²) in [7, 11) is 0. The minimum Gasteiger partial charge on any atom is -0.322 e. The molecular formula is C22H25ClN3O+. The molecule has 140 valence electrons. The highest BCUT2D eigenvalue weighted by molar-refractivity contribution is 6.31. The van der Waals surface area contributed by atoms with Crippen LogP contribution in [0.5, 0.6) is 0 Å². The van der Waals surface area contributed by atoms with Crippen molar-refractivity contribution in [3.8, 4) is 0 Å². The van der Waals surface area contributed by atoms with Crippen molar-refractivity contribution < 1.29 is 4.90 Å². The lowest BCUT2D eigenvalue weighted by molar-refractivity contribution is -0.939. The van der Waals surface area contributed by atoms with E-state index in [1.165, 1.54) is 28.9 Å². The summed E-state index contributed by atoms with van der Waals surface area (Å²) in [6.07, 6.45) is 2.48. The van der Waals surface area contributed by atoms with Crippen LogP contribution in [-0.4, -0.2) is 16.0 Å². The Morgan fingerprint density at radius 2 is 1.89 bits per heavy atom. The molecule has 2 aromatic carbocycles. The summed E-state index contributed by atoms with van der Waals surface area (Å²) in [4.78, 5) is 21.5. The van der Waals surface area contributed by atoms with E-state index in [1.807, 2.05) is 0 Å². The second-order valence-corrected chi connectivity index (χ2v) is 8.29. The van der Waals surface area contributed by atoms with Crippen LogP contribution in [0.25, 0.3) is 10.9 Å².